The summed E-state index contributed by atoms with van der Waals surface area (Å²) in [5, 5.41) is 3.61. The molecular weight excluding hydrogens is 316 g/mol. The molecule has 1 saturated heterocycles. The molecule has 112 valence electrons. The van der Waals surface area contributed by atoms with Gasteiger partial charge in [0.05, 0.1) is 11.6 Å². The van der Waals surface area contributed by atoms with Crippen molar-refractivity contribution in [1.82, 2.24) is 10.2 Å². The van der Waals surface area contributed by atoms with Gasteiger partial charge in [0.15, 0.2) is 0 Å². The molecule has 1 aromatic rings. The Kier molecular flexibility index (Phi) is 6.33. The van der Waals surface area contributed by atoms with Gasteiger partial charge in [0.25, 0.3) is 0 Å². The molecule has 1 fully saturated rings. The van der Waals surface area contributed by atoms with Gasteiger partial charge in [-0.1, -0.05) is 12.5 Å². The van der Waals surface area contributed by atoms with E-state index in [0.29, 0.717) is 6.04 Å². The smallest absolute Gasteiger partial charge is 0.133 e. The molecule has 0 amide bonds. The summed E-state index contributed by atoms with van der Waals surface area (Å²) in [6, 6.07) is 6.77. The van der Waals surface area contributed by atoms with E-state index in [0.717, 1.165) is 23.3 Å². The summed E-state index contributed by atoms with van der Waals surface area (Å²) in [5.41, 5.74) is 1.28. The van der Waals surface area contributed by atoms with E-state index in [2.05, 4.69) is 45.2 Å². The lowest BCUT2D eigenvalue weighted by Crippen LogP contribution is -2.41. The van der Waals surface area contributed by atoms with E-state index in [1.807, 2.05) is 6.07 Å². The van der Waals surface area contributed by atoms with Crippen molar-refractivity contribution in [3.63, 3.8) is 0 Å². The summed E-state index contributed by atoms with van der Waals surface area (Å²) >= 11 is 3.53. The van der Waals surface area contributed by atoms with Crippen molar-refractivity contribution in [2.45, 2.75) is 38.8 Å². The Labute approximate surface area is 130 Å². The standard InChI is InChI=1S/C16H25BrN2O/c1-13(12-19-8-4-3-5-9-19)18-11-14-6-7-16(20-2)15(17)10-14/h6-7,10,13,18H,3-5,8-9,11-12H2,1-2H3. The highest BCUT2D eigenvalue weighted by Crippen LogP contribution is 2.25. The minimum absolute atomic E-state index is 0.522. The van der Waals surface area contributed by atoms with Gasteiger partial charge in [-0.15, -0.1) is 0 Å². The van der Waals surface area contributed by atoms with Gasteiger partial charge in [-0.25, -0.2) is 0 Å². The topological polar surface area (TPSA) is 24.5 Å². The summed E-state index contributed by atoms with van der Waals surface area (Å²) in [6.07, 6.45) is 4.12. The van der Waals surface area contributed by atoms with Gasteiger partial charge in [-0.3, -0.25) is 0 Å². The molecular formula is C16H25BrN2O. The minimum atomic E-state index is 0.522. The van der Waals surface area contributed by atoms with E-state index in [-0.39, 0.29) is 0 Å². The maximum atomic E-state index is 5.25. The van der Waals surface area contributed by atoms with Gasteiger partial charge < -0.3 is 15.0 Å². The lowest BCUT2D eigenvalue weighted by Gasteiger charge is -2.29. The zero-order valence-corrected chi connectivity index (χ0v) is 14.1. The number of likely N-dealkylation sites (tertiary alicyclic amines) is 1. The van der Waals surface area contributed by atoms with Crippen LogP contribution < -0.4 is 10.1 Å². The molecule has 1 unspecified atom stereocenters. The highest BCUT2D eigenvalue weighted by Gasteiger charge is 2.13. The van der Waals surface area contributed by atoms with Gasteiger partial charge >= 0.3 is 0 Å². The van der Waals surface area contributed by atoms with Crippen molar-refractivity contribution in [2.24, 2.45) is 0 Å². The third-order valence-electron chi connectivity index (χ3n) is 3.85. The number of nitrogens with zero attached hydrogens (tertiary/aromatic N) is 1. The Morgan fingerprint density at radius 2 is 2.05 bits per heavy atom. The Balaban J connectivity index is 1.77. The molecule has 1 atom stereocenters. The molecule has 0 spiro atoms. The van der Waals surface area contributed by atoms with Crippen molar-refractivity contribution in [2.75, 3.05) is 26.7 Å². The number of hydrogen-bond acceptors (Lipinski definition) is 3. The predicted octanol–water partition coefficient (Wildman–Crippen LogP) is 3.42. The number of benzene rings is 1. The number of halogens is 1. The molecule has 0 bridgehead atoms. The lowest BCUT2D eigenvalue weighted by molar-refractivity contribution is 0.209. The van der Waals surface area contributed by atoms with Gasteiger partial charge in [0.1, 0.15) is 5.75 Å². The van der Waals surface area contributed by atoms with Crippen LogP contribution in [0.25, 0.3) is 0 Å². The molecule has 0 saturated carbocycles. The molecule has 1 N–H and O–H groups in total. The largest absolute Gasteiger partial charge is 0.496 e. The normalized spacial score (nSPS) is 17.9. The van der Waals surface area contributed by atoms with Crippen LogP contribution in [0.4, 0.5) is 0 Å². The third-order valence-corrected chi connectivity index (χ3v) is 4.47. The van der Waals surface area contributed by atoms with Crippen molar-refractivity contribution in [3.8, 4) is 5.75 Å². The maximum absolute atomic E-state index is 5.25. The monoisotopic (exact) mass is 340 g/mol. The van der Waals surface area contributed by atoms with E-state index in [1.165, 1.54) is 37.9 Å². The van der Waals surface area contributed by atoms with Crippen LogP contribution in [0.2, 0.25) is 0 Å². The Hall–Kier alpha value is -0.580. The zero-order chi connectivity index (χ0) is 14.4. The third kappa shape index (κ3) is 4.76. The number of methoxy groups -OCH3 is 1. The Morgan fingerprint density at radius 3 is 2.70 bits per heavy atom. The van der Waals surface area contributed by atoms with Crippen LogP contribution in [0.15, 0.2) is 22.7 Å². The highest BCUT2D eigenvalue weighted by atomic mass is 79.9. The van der Waals surface area contributed by atoms with Crippen molar-refractivity contribution in [3.05, 3.63) is 28.2 Å². The van der Waals surface area contributed by atoms with E-state index >= 15 is 0 Å². The molecule has 0 radical (unpaired) electrons. The SMILES string of the molecule is COc1ccc(CNC(C)CN2CCCCC2)cc1Br. The fourth-order valence-corrected chi connectivity index (χ4v) is 3.29. The summed E-state index contributed by atoms with van der Waals surface area (Å²) in [6.45, 7) is 6.85. The van der Waals surface area contributed by atoms with Gasteiger partial charge in [-0.05, 0) is 66.5 Å². The van der Waals surface area contributed by atoms with Crippen molar-refractivity contribution >= 4 is 15.9 Å². The average molecular weight is 341 g/mol. The first-order valence-electron chi connectivity index (χ1n) is 7.47. The van der Waals surface area contributed by atoms with Crippen LogP contribution >= 0.6 is 15.9 Å². The van der Waals surface area contributed by atoms with Crippen LogP contribution in [-0.2, 0) is 6.54 Å². The molecule has 1 aliphatic heterocycles. The second-order valence-corrected chi connectivity index (χ2v) is 6.47. The Morgan fingerprint density at radius 1 is 1.30 bits per heavy atom. The lowest BCUT2D eigenvalue weighted by atomic mass is 10.1. The van der Waals surface area contributed by atoms with Crippen LogP contribution in [0, 0.1) is 0 Å². The molecule has 0 aromatic heterocycles. The predicted molar refractivity (Wildman–Crippen MR) is 87.3 cm³/mol. The molecule has 1 heterocycles. The first kappa shape index (κ1) is 15.8. The molecule has 1 aliphatic rings. The highest BCUT2D eigenvalue weighted by molar-refractivity contribution is 9.10. The summed E-state index contributed by atoms with van der Waals surface area (Å²) < 4.78 is 6.27. The maximum Gasteiger partial charge on any atom is 0.133 e. The first-order valence-corrected chi connectivity index (χ1v) is 8.26. The fourth-order valence-electron chi connectivity index (χ4n) is 2.71. The minimum Gasteiger partial charge on any atom is -0.496 e. The number of hydrogen-bond donors (Lipinski definition) is 1. The number of ether oxygens (including phenoxy) is 1. The molecule has 4 heteroatoms. The van der Waals surface area contributed by atoms with E-state index < -0.39 is 0 Å². The van der Waals surface area contributed by atoms with Crippen LogP contribution in [0.5, 0.6) is 5.75 Å². The van der Waals surface area contributed by atoms with Crippen molar-refractivity contribution < 1.29 is 4.74 Å². The van der Waals surface area contributed by atoms with Crippen molar-refractivity contribution in [1.29, 1.82) is 0 Å². The summed E-state index contributed by atoms with van der Waals surface area (Å²) in [4.78, 5) is 2.57. The summed E-state index contributed by atoms with van der Waals surface area (Å²) in [7, 11) is 1.69. The number of nitrogens with one attached hydrogen (secondary N) is 1. The quantitative estimate of drug-likeness (QED) is 0.858. The number of piperidine rings is 1. The van der Waals surface area contributed by atoms with E-state index in [1.54, 1.807) is 7.11 Å². The van der Waals surface area contributed by atoms with E-state index in [4.69, 9.17) is 4.74 Å². The van der Waals surface area contributed by atoms with Gasteiger partial charge in [0, 0.05) is 19.1 Å². The molecule has 20 heavy (non-hydrogen) atoms. The van der Waals surface area contributed by atoms with Gasteiger partial charge in [0.2, 0.25) is 0 Å². The second-order valence-electron chi connectivity index (χ2n) is 5.61. The first-order chi connectivity index (χ1) is 9.69. The molecule has 1 aromatic carbocycles. The zero-order valence-electron chi connectivity index (χ0n) is 12.5. The average Bonchev–Trinajstić information content (AvgIpc) is 2.46. The summed E-state index contributed by atoms with van der Waals surface area (Å²) in [5.74, 6) is 0.884. The molecule has 3 nitrogen and oxygen atoms in total. The van der Waals surface area contributed by atoms with Crippen LogP contribution in [-0.4, -0.2) is 37.7 Å². The molecule has 0 aliphatic carbocycles. The number of rotatable bonds is 6. The van der Waals surface area contributed by atoms with Gasteiger partial charge in [-0.2, -0.15) is 0 Å². The van der Waals surface area contributed by atoms with E-state index in [9.17, 15) is 0 Å². The molecule has 2 rings (SSSR count). The fraction of sp³-hybridized carbons (Fsp3) is 0.625. The Bertz CT molecular complexity index is 419. The van der Waals surface area contributed by atoms with Crippen LogP contribution in [0.1, 0.15) is 31.7 Å². The second kappa shape index (κ2) is 8.01. The van der Waals surface area contributed by atoms with Crippen LogP contribution in [0.3, 0.4) is 0 Å².